The number of ether oxygens (including phenoxy) is 1. The summed E-state index contributed by atoms with van der Waals surface area (Å²) in [6.07, 6.45) is 2.87. The highest BCUT2D eigenvalue weighted by Crippen LogP contribution is 2.30. The van der Waals surface area contributed by atoms with Gasteiger partial charge in [0.1, 0.15) is 17.2 Å². The Hall–Kier alpha value is -2.96. The second kappa shape index (κ2) is 7.29. The maximum Gasteiger partial charge on any atom is 0.201 e. The minimum Gasteiger partial charge on any atom is -0.495 e. The number of aromatic nitrogens is 2. The zero-order chi connectivity index (χ0) is 18.7. The number of aromatic amines is 1. The van der Waals surface area contributed by atoms with Gasteiger partial charge >= 0.3 is 0 Å². The molecule has 0 unspecified atom stereocenters. The van der Waals surface area contributed by atoms with Crippen molar-refractivity contribution in [1.29, 1.82) is 0 Å². The number of nitrogens with zero attached hydrogens (tertiary/aromatic N) is 1. The lowest BCUT2D eigenvalue weighted by atomic mass is 9.99. The van der Waals surface area contributed by atoms with E-state index < -0.39 is 23.0 Å². The molecule has 2 aromatic heterocycles. The Labute approximate surface area is 143 Å². The molecule has 132 valence electrons. The number of rotatable bonds is 3. The molecule has 7 heteroatoms. The summed E-state index contributed by atoms with van der Waals surface area (Å²) in [6, 6.07) is 2.04. The number of nitrogens with one attached hydrogen (secondary N) is 1. The molecule has 0 amide bonds. The summed E-state index contributed by atoms with van der Waals surface area (Å²) in [5.41, 5.74) is 5.63. The van der Waals surface area contributed by atoms with Crippen LogP contribution < -0.4 is 10.5 Å². The van der Waals surface area contributed by atoms with Crippen LogP contribution in [0.4, 0.5) is 14.5 Å². The minimum atomic E-state index is -1.07. The van der Waals surface area contributed by atoms with Gasteiger partial charge in [0, 0.05) is 17.1 Å². The van der Waals surface area contributed by atoms with Gasteiger partial charge in [-0.05, 0) is 19.1 Å². The molecule has 0 radical (unpaired) electrons. The first-order valence-electron chi connectivity index (χ1n) is 7.74. The standard InChI is InChI=1S/C16H13F2N3O2.C2H6/c1-7-11(23-2)6-21-16-12(7)8(5-20-16)15(22)13-9(17)3-4-10(19)14(13)18;1-2/h3-6H,19H2,1-2H3,(H,20,21);1-2H3. The van der Waals surface area contributed by atoms with Crippen LogP contribution in [0.15, 0.2) is 24.5 Å². The Morgan fingerprint density at radius 2 is 1.96 bits per heavy atom. The predicted molar refractivity (Wildman–Crippen MR) is 92.9 cm³/mol. The van der Waals surface area contributed by atoms with Crippen LogP contribution >= 0.6 is 0 Å². The smallest absolute Gasteiger partial charge is 0.201 e. The number of carbonyl (C=O) groups excluding carboxylic acids is 1. The van der Waals surface area contributed by atoms with E-state index in [1.54, 1.807) is 6.92 Å². The molecular formula is C18H19F2N3O2. The number of methoxy groups -OCH3 is 1. The van der Waals surface area contributed by atoms with Gasteiger partial charge in [-0.1, -0.05) is 13.8 Å². The maximum atomic E-state index is 14.1. The zero-order valence-corrected chi connectivity index (χ0v) is 14.4. The second-order valence-corrected chi connectivity index (χ2v) is 5.03. The summed E-state index contributed by atoms with van der Waals surface area (Å²) in [7, 11) is 1.47. The number of nitrogen functional groups attached to an aromatic ring is 1. The fourth-order valence-corrected chi connectivity index (χ4v) is 2.53. The summed E-state index contributed by atoms with van der Waals surface area (Å²) < 4.78 is 33.2. The average Bonchev–Trinajstić information content (AvgIpc) is 3.05. The summed E-state index contributed by atoms with van der Waals surface area (Å²) in [6.45, 7) is 5.74. The van der Waals surface area contributed by atoms with Gasteiger partial charge in [0.05, 0.1) is 30.1 Å². The lowest BCUT2D eigenvalue weighted by Crippen LogP contribution is -2.09. The molecule has 0 bridgehead atoms. The van der Waals surface area contributed by atoms with E-state index in [4.69, 9.17) is 10.5 Å². The Balaban J connectivity index is 0.00000109. The number of aryl methyl sites for hydroxylation is 1. The Kier molecular flexibility index (Phi) is 5.36. The third-order valence-corrected chi connectivity index (χ3v) is 3.73. The number of benzene rings is 1. The monoisotopic (exact) mass is 347 g/mol. The minimum absolute atomic E-state index is 0.104. The van der Waals surface area contributed by atoms with E-state index in [9.17, 15) is 13.6 Å². The van der Waals surface area contributed by atoms with Crippen LogP contribution in [0.25, 0.3) is 11.0 Å². The lowest BCUT2D eigenvalue weighted by Gasteiger charge is -2.08. The van der Waals surface area contributed by atoms with Crippen LogP contribution in [-0.4, -0.2) is 22.9 Å². The molecule has 1 aromatic carbocycles. The van der Waals surface area contributed by atoms with Gasteiger partial charge in [-0.3, -0.25) is 4.79 Å². The predicted octanol–water partition coefficient (Wildman–Crippen LogP) is 4.00. The number of fused-ring (bicyclic) bond motifs is 1. The van der Waals surface area contributed by atoms with E-state index in [0.717, 1.165) is 12.1 Å². The van der Waals surface area contributed by atoms with E-state index >= 15 is 0 Å². The molecule has 3 rings (SSSR count). The topological polar surface area (TPSA) is 81.0 Å². The molecule has 5 nitrogen and oxygen atoms in total. The Morgan fingerprint density at radius 1 is 1.28 bits per heavy atom. The number of pyridine rings is 1. The third-order valence-electron chi connectivity index (χ3n) is 3.73. The van der Waals surface area contributed by atoms with Crippen LogP contribution in [0.3, 0.4) is 0 Å². The van der Waals surface area contributed by atoms with Crippen molar-refractivity contribution in [3.05, 3.63) is 52.9 Å². The molecule has 0 aliphatic rings. The van der Waals surface area contributed by atoms with E-state index in [-0.39, 0.29) is 11.3 Å². The number of carbonyl (C=O) groups is 1. The van der Waals surface area contributed by atoms with Gasteiger partial charge in [-0.25, -0.2) is 13.8 Å². The van der Waals surface area contributed by atoms with Gasteiger partial charge < -0.3 is 15.5 Å². The van der Waals surface area contributed by atoms with Crippen LogP contribution in [0.2, 0.25) is 0 Å². The summed E-state index contributed by atoms with van der Waals surface area (Å²) in [4.78, 5) is 19.6. The van der Waals surface area contributed by atoms with Crippen molar-refractivity contribution in [2.75, 3.05) is 12.8 Å². The van der Waals surface area contributed by atoms with Gasteiger partial charge in [-0.2, -0.15) is 0 Å². The molecule has 0 spiro atoms. The van der Waals surface area contributed by atoms with Crippen LogP contribution in [0, 0.1) is 18.6 Å². The average molecular weight is 347 g/mol. The number of hydrogen-bond acceptors (Lipinski definition) is 4. The fourth-order valence-electron chi connectivity index (χ4n) is 2.53. The second-order valence-electron chi connectivity index (χ2n) is 5.03. The number of halogens is 2. The summed E-state index contributed by atoms with van der Waals surface area (Å²) in [5, 5.41) is 0.454. The molecule has 0 atom stereocenters. The maximum absolute atomic E-state index is 14.1. The first-order chi connectivity index (χ1) is 12.0. The number of nitrogens with two attached hydrogens (primary N) is 1. The van der Waals surface area contributed by atoms with Gasteiger partial charge in [0.15, 0.2) is 5.82 Å². The number of anilines is 1. The van der Waals surface area contributed by atoms with Crippen molar-refractivity contribution in [1.82, 2.24) is 9.97 Å². The summed E-state index contributed by atoms with van der Waals surface area (Å²) in [5.74, 6) is -2.38. The van der Waals surface area contributed by atoms with Crippen molar-refractivity contribution < 1.29 is 18.3 Å². The molecule has 3 N–H and O–H groups in total. The highest BCUT2D eigenvalue weighted by molar-refractivity contribution is 6.17. The molecule has 0 aliphatic carbocycles. The SMILES string of the molecule is CC.COc1cnc2[nH]cc(C(=O)c3c(F)ccc(N)c3F)c2c1C. The number of H-pyrrole nitrogens is 1. The van der Waals surface area contributed by atoms with Gasteiger partial charge in [-0.15, -0.1) is 0 Å². The van der Waals surface area contributed by atoms with Crippen LogP contribution in [-0.2, 0) is 0 Å². The molecule has 2 heterocycles. The quantitative estimate of drug-likeness (QED) is 0.554. The third kappa shape index (κ3) is 3.05. The molecule has 0 saturated carbocycles. The van der Waals surface area contributed by atoms with Crippen LogP contribution in [0.1, 0.15) is 35.3 Å². The zero-order valence-electron chi connectivity index (χ0n) is 14.4. The number of ketones is 1. The molecular weight excluding hydrogens is 328 g/mol. The van der Waals surface area contributed by atoms with Crippen LogP contribution in [0.5, 0.6) is 5.75 Å². The van der Waals surface area contributed by atoms with Crippen molar-refractivity contribution in [2.45, 2.75) is 20.8 Å². The first-order valence-corrected chi connectivity index (χ1v) is 7.74. The van der Waals surface area contributed by atoms with Crippen molar-refractivity contribution in [3.8, 4) is 5.75 Å². The van der Waals surface area contributed by atoms with Crippen molar-refractivity contribution >= 4 is 22.5 Å². The molecule has 25 heavy (non-hydrogen) atoms. The number of hydrogen-bond donors (Lipinski definition) is 2. The van der Waals surface area contributed by atoms with E-state index in [1.165, 1.54) is 19.5 Å². The van der Waals surface area contributed by atoms with E-state index in [0.29, 0.717) is 22.3 Å². The molecule has 3 aromatic rings. The molecule has 0 saturated heterocycles. The largest absolute Gasteiger partial charge is 0.495 e. The van der Waals surface area contributed by atoms with Crippen molar-refractivity contribution in [2.24, 2.45) is 0 Å². The van der Waals surface area contributed by atoms with E-state index in [1.807, 2.05) is 13.8 Å². The first kappa shape index (κ1) is 18.4. The highest BCUT2D eigenvalue weighted by Gasteiger charge is 2.25. The Morgan fingerprint density at radius 3 is 2.60 bits per heavy atom. The van der Waals surface area contributed by atoms with Gasteiger partial charge in [0.25, 0.3) is 0 Å². The lowest BCUT2D eigenvalue weighted by molar-refractivity contribution is 0.103. The molecule has 0 aliphatic heterocycles. The Bertz CT molecular complexity index is 936. The van der Waals surface area contributed by atoms with Crippen molar-refractivity contribution in [3.63, 3.8) is 0 Å². The van der Waals surface area contributed by atoms with Gasteiger partial charge in [0.2, 0.25) is 5.78 Å². The molecule has 0 fully saturated rings. The normalized spacial score (nSPS) is 10.3. The highest BCUT2D eigenvalue weighted by atomic mass is 19.1. The van der Waals surface area contributed by atoms with E-state index in [2.05, 4.69) is 9.97 Å². The fraction of sp³-hybridized carbons (Fsp3) is 0.222. The summed E-state index contributed by atoms with van der Waals surface area (Å²) >= 11 is 0.